The minimum Gasteiger partial charge on any atom is -0.460 e. The molecular weight excluding hydrogens is 204 g/mol. The van der Waals surface area contributed by atoms with E-state index in [1.54, 1.807) is 0 Å². The van der Waals surface area contributed by atoms with Crippen LogP contribution in [0.5, 0.6) is 0 Å². The summed E-state index contributed by atoms with van der Waals surface area (Å²) in [6, 6.07) is 0. The predicted octanol–water partition coefficient (Wildman–Crippen LogP) is 3.17. The molecule has 3 heteroatoms. The Morgan fingerprint density at radius 2 is 1.75 bits per heavy atom. The first kappa shape index (κ1) is 15.4. The van der Waals surface area contributed by atoms with Crippen molar-refractivity contribution in [2.75, 3.05) is 6.61 Å². The third kappa shape index (κ3) is 9.97. The quantitative estimate of drug-likeness (QED) is 0.657. The molecule has 1 unspecified atom stereocenters. The number of hydrogen-bond acceptors (Lipinski definition) is 3. The molecule has 0 radical (unpaired) electrons. The van der Waals surface area contributed by atoms with Crippen molar-refractivity contribution in [1.82, 2.24) is 0 Å². The van der Waals surface area contributed by atoms with Crippen LogP contribution in [-0.2, 0) is 14.3 Å². The van der Waals surface area contributed by atoms with Crippen LogP contribution in [0.4, 0.5) is 0 Å². The topological polar surface area (TPSA) is 35.5 Å². The van der Waals surface area contributed by atoms with Crippen LogP contribution >= 0.6 is 0 Å². The minimum atomic E-state index is -0.402. The van der Waals surface area contributed by atoms with E-state index in [1.807, 2.05) is 27.7 Å². The van der Waals surface area contributed by atoms with Gasteiger partial charge in [0.05, 0.1) is 19.1 Å². The number of hydrogen-bond donors (Lipinski definition) is 0. The van der Waals surface area contributed by atoms with E-state index in [0.717, 1.165) is 6.42 Å². The highest BCUT2D eigenvalue weighted by atomic mass is 16.6. The van der Waals surface area contributed by atoms with Crippen LogP contribution in [0.1, 0.15) is 54.4 Å². The largest absolute Gasteiger partial charge is 0.460 e. The summed E-state index contributed by atoms with van der Waals surface area (Å²) in [4.78, 5) is 11.4. The molecule has 0 saturated heterocycles. The third-order valence-corrected chi connectivity index (χ3v) is 1.93. The maximum atomic E-state index is 11.4. The van der Waals surface area contributed by atoms with E-state index in [4.69, 9.17) is 9.47 Å². The fourth-order valence-corrected chi connectivity index (χ4v) is 1.47. The van der Waals surface area contributed by atoms with Gasteiger partial charge in [0.1, 0.15) is 5.60 Å². The maximum Gasteiger partial charge on any atom is 0.308 e. The molecule has 0 bridgehead atoms. The van der Waals surface area contributed by atoms with Gasteiger partial charge in [-0.15, -0.1) is 0 Å². The maximum absolute atomic E-state index is 11.4. The summed E-state index contributed by atoms with van der Waals surface area (Å²) in [6.45, 7) is 12.4. The molecule has 0 rings (SSSR count). The molecule has 0 fully saturated rings. The average molecular weight is 230 g/mol. The monoisotopic (exact) mass is 230 g/mol. The van der Waals surface area contributed by atoms with Crippen molar-refractivity contribution in [2.24, 2.45) is 5.92 Å². The van der Waals surface area contributed by atoms with Crippen LogP contribution in [-0.4, -0.2) is 24.3 Å². The first-order chi connectivity index (χ1) is 7.20. The minimum absolute atomic E-state index is 0.191. The first-order valence-electron chi connectivity index (χ1n) is 6.04. The molecule has 0 aromatic carbocycles. The van der Waals surface area contributed by atoms with Crippen LogP contribution in [0, 0.1) is 5.92 Å². The SMILES string of the molecule is CC(C)CC(C)OCCC(=O)OC(C)(C)C. The highest BCUT2D eigenvalue weighted by Crippen LogP contribution is 2.10. The van der Waals surface area contributed by atoms with Gasteiger partial charge in [-0.2, -0.15) is 0 Å². The van der Waals surface area contributed by atoms with Crippen molar-refractivity contribution in [3.63, 3.8) is 0 Å². The Labute approximate surface area is 99.5 Å². The summed E-state index contributed by atoms with van der Waals surface area (Å²) in [7, 11) is 0. The summed E-state index contributed by atoms with van der Waals surface area (Å²) >= 11 is 0. The van der Waals surface area contributed by atoms with Crippen molar-refractivity contribution in [2.45, 2.75) is 66.1 Å². The van der Waals surface area contributed by atoms with E-state index < -0.39 is 5.60 Å². The molecule has 0 heterocycles. The second kappa shape index (κ2) is 6.89. The van der Waals surface area contributed by atoms with E-state index in [1.165, 1.54) is 0 Å². The summed E-state index contributed by atoms with van der Waals surface area (Å²) in [5, 5.41) is 0. The number of carbonyl (C=O) groups is 1. The zero-order valence-corrected chi connectivity index (χ0v) is 11.5. The normalized spacial score (nSPS) is 13.9. The van der Waals surface area contributed by atoms with Gasteiger partial charge in [-0.25, -0.2) is 0 Å². The molecule has 0 aliphatic carbocycles. The van der Waals surface area contributed by atoms with Crippen molar-refractivity contribution in [3.8, 4) is 0 Å². The van der Waals surface area contributed by atoms with Crippen molar-refractivity contribution in [3.05, 3.63) is 0 Å². The van der Waals surface area contributed by atoms with Gasteiger partial charge in [-0.3, -0.25) is 4.79 Å². The van der Waals surface area contributed by atoms with Gasteiger partial charge in [0.15, 0.2) is 0 Å². The second-order valence-electron chi connectivity index (χ2n) is 5.65. The van der Waals surface area contributed by atoms with Crippen LogP contribution < -0.4 is 0 Å². The molecule has 0 spiro atoms. The number of ether oxygens (including phenoxy) is 2. The Kier molecular flexibility index (Phi) is 6.65. The number of esters is 1. The van der Waals surface area contributed by atoms with Crippen LogP contribution in [0.2, 0.25) is 0 Å². The first-order valence-corrected chi connectivity index (χ1v) is 6.04. The van der Waals surface area contributed by atoms with Crippen molar-refractivity contribution < 1.29 is 14.3 Å². The lowest BCUT2D eigenvalue weighted by Gasteiger charge is -2.20. The molecule has 0 saturated carbocycles. The van der Waals surface area contributed by atoms with Crippen molar-refractivity contribution in [1.29, 1.82) is 0 Å². The van der Waals surface area contributed by atoms with Gasteiger partial charge < -0.3 is 9.47 Å². The Balaban J connectivity index is 3.62. The second-order valence-corrected chi connectivity index (χ2v) is 5.65. The van der Waals surface area contributed by atoms with Gasteiger partial charge in [0, 0.05) is 0 Å². The highest BCUT2D eigenvalue weighted by Gasteiger charge is 2.16. The molecule has 0 N–H and O–H groups in total. The van der Waals surface area contributed by atoms with E-state index in [-0.39, 0.29) is 12.1 Å². The van der Waals surface area contributed by atoms with Crippen LogP contribution in [0.3, 0.4) is 0 Å². The van der Waals surface area contributed by atoms with Gasteiger partial charge in [0.2, 0.25) is 0 Å². The lowest BCUT2D eigenvalue weighted by atomic mass is 10.1. The molecule has 0 aromatic heterocycles. The predicted molar refractivity (Wildman–Crippen MR) is 65.3 cm³/mol. The Morgan fingerprint density at radius 3 is 2.19 bits per heavy atom. The molecule has 96 valence electrons. The molecule has 0 amide bonds. The number of rotatable bonds is 6. The molecule has 0 aromatic rings. The van der Waals surface area contributed by atoms with Crippen LogP contribution in [0.15, 0.2) is 0 Å². The van der Waals surface area contributed by atoms with Gasteiger partial charge in [-0.05, 0) is 40.0 Å². The summed E-state index contributed by atoms with van der Waals surface area (Å²) in [5.74, 6) is 0.431. The Hall–Kier alpha value is -0.570. The van der Waals surface area contributed by atoms with Gasteiger partial charge in [0.25, 0.3) is 0 Å². The fourth-order valence-electron chi connectivity index (χ4n) is 1.47. The van der Waals surface area contributed by atoms with Crippen molar-refractivity contribution >= 4 is 5.97 Å². The molecule has 0 aliphatic heterocycles. The fraction of sp³-hybridized carbons (Fsp3) is 0.923. The zero-order valence-electron chi connectivity index (χ0n) is 11.5. The number of carbonyl (C=O) groups excluding carboxylic acids is 1. The Morgan fingerprint density at radius 1 is 1.19 bits per heavy atom. The summed E-state index contributed by atoms with van der Waals surface area (Å²) < 4.78 is 10.7. The lowest BCUT2D eigenvalue weighted by Crippen LogP contribution is -2.25. The Bertz CT molecular complexity index is 204. The average Bonchev–Trinajstić information content (AvgIpc) is 1.98. The van der Waals surface area contributed by atoms with Gasteiger partial charge in [-0.1, -0.05) is 13.8 Å². The van der Waals surface area contributed by atoms with Crippen LogP contribution in [0.25, 0.3) is 0 Å². The molecule has 16 heavy (non-hydrogen) atoms. The highest BCUT2D eigenvalue weighted by molar-refractivity contribution is 5.69. The van der Waals surface area contributed by atoms with E-state index in [9.17, 15) is 4.79 Å². The van der Waals surface area contributed by atoms with E-state index in [0.29, 0.717) is 18.9 Å². The molecule has 0 aliphatic rings. The smallest absolute Gasteiger partial charge is 0.308 e. The zero-order chi connectivity index (χ0) is 12.8. The van der Waals surface area contributed by atoms with Gasteiger partial charge >= 0.3 is 5.97 Å². The molecule has 1 atom stereocenters. The van der Waals surface area contributed by atoms with E-state index in [2.05, 4.69) is 13.8 Å². The summed E-state index contributed by atoms with van der Waals surface area (Å²) in [5.41, 5.74) is -0.402. The molecular formula is C13H26O3. The summed E-state index contributed by atoms with van der Waals surface area (Å²) in [6.07, 6.45) is 1.57. The molecule has 3 nitrogen and oxygen atoms in total. The van der Waals surface area contributed by atoms with E-state index >= 15 is 0 Å². The lowest BCUT2D eigenvalue weighted by molar-refractivity contribution is -0.156. The standard InChI is InChI=1S/C13H26O3/c1-10(2)9-11(3)15-8-7-12(14)16-13(4,5)6/h10-11H,7-9H2,1-6H3. The third-order valence-electron chi connectivity index (χ3n) is 1.93.